The quantitative estimate of drug-likeness (QED) is 0.139. The Balaban J connectivity index is -0.00000363. The van der Waals surface area contributed by atoms with Crippen molar-refractivity contribution < 1.29 is 0 Å². The predicted molar refractivity (Wildman–Crippen MR) is 190 cm³/mol. The number of azo groups is 2. The zero-order valence-corrected chi connectivity index (χ0v) is 28.7. The second-order valence-electron chi connectivity index (χ2n) is 8.96. The summed E-state index contributed by atoms with van der Waals surface area (Å²) in [5.41, 5.74) is 7.57. The molecule has 42 heavy (non-hydrogen) atoms. The maximum absolute atomic E-state index is 4.39. The molecule has 0 saturated carbocycles. The van der Waals surface area contributed by atoms with E-state index in [-0.39, 0.29) is 0 Å². The van der Waals surface area contributed by atoms with E-state index in [1.807, 2.05) is 110 Å². The molecule has 0 aliphatic heterocycles. The van der Waals surface area contributed by atoms with Crippen LogP contribution in [0.25, 0.3) is 0 Å². The minimum Gasteiger partial charge on any atom is -0.155 e. The van der Waals surface area contributed by atoms with Crippen molar-refractivity contribution in [2.45, 2.75) is 89.5 Å². The van der Waals surface area contributed by atoms with E-state index < -0.39 is 0 Å². The summed E-state index contributed by atoms with van der Waals surface area (Å²) in [6.45, 7) is 35.9. The van der Waals surface area contributed by atoms with Crippen LogP contribution in [0.1, 0.15) is 89.5 Å². The zero-order chi connectivity index (χ0) is 32.9. The second-order valence-corrected chi connectivity index (χ2v) is 8.96. The Kier molecular flexibility index (Phi) is 29.0. The third-order valence-electron chi connectivity index (χ3n) is 5.46. The van der Waals surface area contributed by atoms with Crippen molar-refractivity contribution in [3.8, 4) is 0 Å². The van der Waals surface area contributed by atoms with Crippen LogP contribution in [0.5, 0.6) is 0 Å². The van der Waals surface area contributed by atoms with Gasteiger partial charge in [0.1, 0.15) is 0 Å². The van der Waals surface area contributed by atoms with Gasteiger partial charge < -0.3 is 0 Å². The Bertz CT molecular complexity index is 1150. The molecule has 0 aliphatic carbocycles. The Morgan fingerprint density at radius 3 is 1.60 bits per heavy atom. The Hall–Kier alpha value is -3.92. The van der Waals surface area contributed by atoms with Gasteiger partial charge in [-0.05, 0) is 94.6 Å². The molecule has 0 bridgehead atoms. The van der Waals surface area contributed by atoms with E-state index in [1.54, 1.807) is 12.2 Å². The molecule has 230 valence electrons. The summed E-state index contributed by atoms with van der Waals surface area (Å²) < 4.78 is 0. The fourth-order valence-electron chi connectivity index (χ4n) is 2.63. The normalized spacial score (nSPS) is 14.7. The summed E-state index contributed by atoms with van der Waals surface area (Å²) in [6, 6.07) is 0. The zero-order valence-electron chi connectivity index (χ0n) is 28.7. The van der Waals surface area contributed by atoms with Gasteiger partial charge in [0.05, 0.1) is 22.8 Å². The molecule has 0 saturated heterocycles. The van der Waals surface area contributed by atoms with Gasteiger partial charge in [0.2, 0.25) is 0 Å². The Labute approximate surface area is 259 Å². The molecule has 0 fully saturated rings. The molecule has 0 N–H and O–H groups in total. The summed E-state index contributed by atoms with van der Waals surface area (Å²) in [4.78, 5) is 0. The van der Waals surface area contributed by atoms with Gasteiger partial charge in [0.15, 0.2) is 0 Å². The molecule has 0 unspecified atom stereocenters. The van der Waals surface area contributed by atoms with Crippen molar-refractivity contribution in [2.75, 3.05) is 0 Å². The summed E-state index contributed by atoms with van der Waals surface area (Å²) in [6.07, 6.45) is 25.9. The monoisotopic (exact) mass is 570 g/mol. The van der Waals surface area contributed by atoms with Crippen LogP contribution in [0.2, 0.25) is 0 Å². The lowest BCUT2D eigenvalue weighted by atomic mass is 9.99. The highest BCUT2D eigenvalue weighted by atomic mass is 15.1. The van der Waals surface area contributed by atoms with E-state index in [2.05, 4.69) is 80.0 Å². The first-order valence-corrected chi connectivity index (χ1v) is 15.0. The molecular weight excluding hydrogens is 512 g/mol. The Morgan fingerprint density at radius 1 is 0.619 bits per heavy atom. The summed E-state index contributed by atoms with van der Waals surface area (Å²) in [5, 5.41) is 17.3. The molecule has 0 rings (SSSR count). The lowest BCUT2D eigenvalue weighted by Gasteiger charge is -2.06. The molecule has 0 aliphatic rings. The minimum atomic E-state index is 0.528. The largest absolute Gasteiger partial charge is 0.155 e. The molecule has 0 atom stereocenters. The summed E-state index contributed by atoms with van der Waals surface area (Å²) in [5.74, 6) is 0.528. The first kappa shape index (κ1) is 42.5. The molecule has 0 aromatic carbocycles. The average Bonchev–Trinajstić information content (AvgIpc) is 3.01. The molecule has 0 spiro atoms. The third kappa shape index (κ3) is 21.8. The van der Waals surface area contributed by atoms with Crippen LogP contribution in [0, 0.1) is 5.92 Å². The molecule has 0 radical (unpaired) electrons. The van der Waals surface area contributed by atoms with E-state index in [0.717, 1.165) is 29.0 Å². The van der Waals surface area contributed by atoms with Gasteiger partial charge in [-0.25, -0.2) is 0 Å². The maximum atomic E-state index is 4.39. The van der Waals surface area contributed by atoms with Gasteiger partial charge in [-0.2, -0.15) is 20.5 Å². The SMILES string of the molecule is C=C\C(C)=C/C=C(C=C)/N=N/C(C)=C/C=C(\C=C/C)/N=N/C(C)=C/C=C(C=C)/C(=C/C=C(/C)C(C)C)CC.CC.CC. The number of hydrogen-bond donors (Lipinski definition) is 0. The van der Waals surface area contributed by atoms with Crippen LogP contribution in [0.4, 0.5) is 0 Å². The molecule has 0 aromatic rings. The van der Waals surface area contributed by atoms with Crippen molar-refractivity contribution in [1.82, 2.24) is 0 Å². The van der Waals surface area contributed by atoms with Crippen molar-refractivity contribution >= 4 is 0 Å². The predicted octanol–water partition coefficient (Wildman–Crippen LogP) is 13.5. The van der Waals surface area contributed by atoms with Gasteiger partial charge in [0, 0.05) is 0 Å². The smallest absolute Gasteiger partial charge is 0.0854 e. The van der Waals surface area contributed by atoms with E-state index >= 15 is 0 Å². The van der Waals surface area contributed by atoms with E-state index in [0.29, 0.717) is 17.3 Å². The van der Waals surface area contributed by atoms with Crippen LogP contribution in [0.15, 0.2) is 164 Å². The van der Waals surface area contributed by atoms with E-state index in [4.69, 9.17) is 0 Å². The average molecular weight is 571 g/mol. The van der Waals surface area contributed by atoms with Crippen LogP contribution < -0.4 is 0 Å². The van der Waals surface area contributed by atoms with Crippen molar-refractivity contribution in [3.63, 3.8) is 0 Å². The fraction of sp³-hybridized carbons (Fsp3) is 0.368. The highest BCUT2D eigenvalue weighted by Gasteiger charge is 1.99. The number of rotatable bonds is 15. The van der Waals surface area contributed by atoms with E-state index in [9.17, 15) is 0 Å². The van der Waals surface area contributed by atoms with Crippen LogP contribution in [-0.2, 0) is 0 Å². The van der Waals surface area contributed by atoms with E-state index in [1.165, 1.54) is 11.1 Å². The third-order valence-corrected chi connectivity index (χ3v) is 5.46. The highest BCUT2D eigenvalue weighted by Crippen LogP contribution is 2.18. The van der Waals surface area contributed by atoms with Gasteiger partial charge in [-0.15, -0.1) is 0 Å². The summed E-state index contributed by atoms with van der Waals surface area (Å²) >= 11 is 0. The van der Waals surface area contributed by atoms with Gasteiger partial charge in [-0.1, -0.05) is 122 Å². The Morgan fingerprint density at radius 2 is 1.14 bits per heavy atom. The second kappa shape index (κ2) is 28.6. The van der Waals surface area contributed by atoms with Crippen LogP contribution >= 0.6 is 0 Å². The fourth-order valence-corrected chi connectivity index (χ4v) is 2.63. The maximum Gasteiger partial charge on any atom is 0.0854 e. The lowest BCUT2D eigenvalue weighted by Crippen LogP contribution is -1.89. The topological polar surface area (TPSA) is 49.4 Å². The number of nitrogens with zero attached hydrogens (tertiary/aromatic N) is 4. The van der Waals surface area contributed by atoms with Gasteiger partial charge in [-0.3, -0.25) is 0 Å². The van der Waals surface area contributed by atoms with Crippen molar-refractivity contribution in [2.24, 2.45) is 26.4 Å². The molecule has 0 aromatic heterocycles. The molecule has 0 heterocycles. The van der Waals surface area contributed by atoms with Crippen molar-refractivity contribution in [3.05, 3.63) is 144 Å². The first-order valence-electron chi connectivity index (χ1n) is 15.0. The standard InChI is InChI=1S/C34H46N4.2C2H6/c1-12-17-34(25-21-30(11)35-37-33(16-5)24-18-27(8)13-2)38-36-29(10)20-23-32(15-4)31(14-3)22-19-28(9)26(6)7;2*1-2/h12-13,15-26H,2,4-5,14H2,1,3,6-11H3;2*1-2H3/b17-12-,27-18-,28-19-,29-20+,30-21+,31-22+,32-23+,33-24+,34-25+,37-35+,38-36+;;. The highest BCUT2D eigenvalue weighted by molar-refractivity contribution is 5.43. The van der Waals surface area contributed by atoms with Gasteiger partial charge >= 0.3 is 0 Å². The summed E-state index contributed by atoms with van der Waals surface area (Å²) in [7, 11) is 0. The van der Waals surface area contributed by atoms with Crippen molar-refractivity contribution in [1.29, 1.82) is 0 Å². The first-order chi connectivity index (χ1) is 20.1. The minimum absolute atomic E-state index is 0.528. The molecule has 4 nitrogen and oxygen atoms in total. The number of hydrogen-bond acceptors (Lipinski definition) is 4. The van der Waals surface area contributed by atoms with Gasteiger partial charge in [0.25, 0.3) is 0 Å². The molecular formula is C38H58N4. The van der Waals surface area contributed by atoms with Crippen LogP contribution in [-0.4, -0.2) is 0 Å². The molecule has 0 amide bonds. The lowest BCUT2D eigenvalue weighted by molar-refractivity contribution is 0.769. The van der Waals surface area contributed by atoms with Crippen LogP contribution in [0.3, 0.4) is 0 Å². The molecule has 4 heteroatoms. The number of allylic oxidation sites excluding steroid dienone is 19.